The summed E-state index contributed by atoms with van der Waals surface area (Å²) in [6.07, 6.45) is 0. The minimum Gasteiger partial charge on any atom is -2.00 e. The van der Waals surface area contributed by atoms with Gasteiger partial charge in [-0.2, -0.15) is 0 Å². The van der Waals surface area contributed by atoms with E-state index in [1.54, 1.807) is 0 Å². The van der Waals surface area contributed by atoms with E-state index in [1.807, 2.05) is 0 Å². The predicted molar refractivity (Wildman–Crippen MR) is 7.07 cm³/mol. The van der Waals surface area contributed by atoms with Crippen molar-refractivity contribution in [2.45, 2.75) is 0 Å². The summed E-state index contributed by atoms with van der Waals surface area (Å²) in [5.41, 5.74) is 0. The third kappa shape index (κ3) is 453. The molecule has 0 aromatic carbocycles. The van der Waals surface area contributed by atoms with Crippen LogP contribution in [0.25, 0.3) is 0 Å². The normalized spacial score (nSPS) is 0.800. The van der Waals surface area contributed by atoms with Gasteiger partial charge in [-0.15, -0.1) is 0 Å². The first-order chi connectivity index (χ1) is 1.00. The molecule has 0 aromatic rings. The van der Waals surface area contributed by atoms with Crippen molar-refractivity contribution >= 4 is 6.79 Å². The van der Waals surface area contributed by atoms with Crippen LogP contribution >= 0.6 is 0 Å². The Balaban J connectivity index is -0.00000000167. The number of carbonyl (C=O) groups excluding carboxylic acids is 1. The summed E-state index contributed by atoms with van der Waals surface area (Å²) in [7, 11) is 0. The van der Waals surface area contributed by atoms with E-state index in [0.29, 0.717) is 0 Å². The molecular formula is CO3Ru. The van der Waals surface area contributed by atoms with Gasteiger partial charge in [0.2, 0.25) is 0 Å². The average Bonchev–Trinajstić information content (AvgIpc) is 1.00. The standard InChI is InChI=1S/CO.2O.Ru/c1-2;;;/q;2*-2;+4. The van der Waals surface area contributed by atoms with Gasteiger partial charge < -0.3 is 11.0 Å². The summed E-state index contributed by atoms with van der Waals surface area (Å²) < 4.78 is 0. The molecule has 5 heavy (non-hydrogen) atoms. The Morgan fingerprint density at radius 3 is 1.00 bits per heavy atom. The molecule has 0 amide bonds. The van der Waals surface area contributed by atoms with Crippen LogP contribution in [0.3, 0.4) is 0 Å². The van der Waals surface area contributed by atoms with Crippen LogP contribution in [0.2, 0.25) is 0 Å². The summed E-state index contributed by atoms with van der Waals surface area (Å²) in [4.78, 5) is 7.50. The van der Waals surface area contributed by atoms with Gasteiger partial charge in [-0.05, 0) is 0 Å². The molecule has 4 heteroatoms. The van der Waals surface area contributed by atoms with Crippen molar-refractivity contribution in [1.29, 1.82) is 0 Å². The quantitative estimate of drug-likeness (QED) is 0.435. The maximum Gasteiger partial charge on any atom is 4.00 e. The Kier molecular flexibility index (Phi) is 12000. The Hall–Kier alpha value is 0.213. The molecule has 0 aliphatic carbocycles. The molecule has 0 aliphatic rings. The SMILES string of the molecule is [C]=O.[O-2].[O-2].[Ru+4]. The van der Waals surface area contributed by atoms with Crippen LogP contribution in [0.5, 0.6) is 0 Å². The van der Waals surface area contributed by atoms with E-state index in [0.717, 1.165) is 0 Å². The molecule has 0 aliphatic heterocycles. The van der Waals surface area contributed by atoms with Gasteiger partial charge in [0.25, 0.3) is 6.79 Å². The van der Waals surface area contributed by atoms with Gasteiger partial charge in [0.1, 0.15) is 0 Å². The van der Waals surface area contributed by atoms with Crippen molar-refractivity contribution in [3.05, 3.63) is 0 Å². The van der Waals surface area contributed by atoms with Crippen LogP contribution in [0.15, 0.2) is 0 Å². The van der Waals surface area contributed by atoms with Crippen LogP contribution in [0.4, 0.5) is 0 Å². The third-order valence-corrected chi connectivity index (χ3v) is 0. The van der Waals surface area contributed by atoms with E-state index in [-0.39, 0.29) is 30.4 Å². The molecule has 0 aromatic heterocycles. The molecule has 0 atom stereocenters. The van der Waals surface area contributed by atoms with Crippen molar-refractivity contribution in [1.82, 2.24) is 0 Å². The first kappa shape index (κ1) is 62.9. The second-order valence-electron chi connectivity index (χ2n) is 0. The molecule has 0 fully saturated rings. The van der Waals surface area contributed by atoms with E-state index in [2.05, 4.69) is 6.79 Å². The number of hydrogen-bond acceptors (Lipinski definition) is 1. The van der Waals surface area contributed by atoms with E-state index >= 15 is 0 Å². The molecule has 0 heterocycles. The van der Waals surface area contributed by atoms with Gasteiger partial charge in [-0.3, -0.25) is 4.79 Å². The van der Waals surface area contributed by atoms with Gasteiger partial charge >= 0.3 is 19.5 Å². The smallest absolute Gasteiger partial charge is 2.00 e. The number of hydrogen-bond donors (Lipinski definition) is 0. The van der Waals surface area contributed by atoms with Crippen molar-refractivity contribution in [3.8, 4) is 0 Å². The predicted octanol–water partition coefficient (Wildman–Crippen LogP) is -0.637. The largest absolute Gasteiger partial charge is 4.00 e. The Bertz CT molecular complexity index is 6.85. The topological polar surface area (TPSA) is 74.1 Å². The van der Waals surface area contributed by atoms with Crippen molar-refractivity contribution in [3.63, 3.8) is 0 Å². The van der Waals surface area contributed by atoms with Crippen LogP contribution in [-0.2, 0) is 35.2 Å². The van der Waals surface area contributed by atoms with Gasteiger partial charge in [-0.25, -0.2) is 0 Å². The summed E-state index contributed by atoms with van der Waals surface area (Å²) in [5, 5.41) is 0. The van der Waals surface area contributed by atoms with E-state index in [1.165, 1.54) is 0 Å². The van der Waals surface area contributed by atoms with Crippen LogP contribution < -0.4 is 0 Å². The minimum atomic E-state index is 0. The van der Waals surface area contributed by atoms with Gasteiger partial charge in [0.15, 0.2) is 0 Å². The number of rotatable bonds is 0. The fraction of sp³-hybridized carbons (Fsp3) is 0. The van der Waals surface area contributed by atoms with Crippen molar-refractivity contribution in [2.24, 2.45) is 0 Å². The average molecular weight is 161 g/mol. The molecule has 0 bridgehead atoms. The van der Waals surface area contributed by atoms with Crippen LogP contribution in [0.1, 0.15) is 0 Å². The van der Waals surface area contributed by atoms with Crippen molar-refractivity contribution in [2.75, 3.05) is 0 Å². The third-order valence-electron chi connectivity index (χ3n) is 0. The van der Waals surface area contributed by atoms with Crippen LogP contribution in [-0.4, -0.2) is 6.79 Å². The van der Waals surface area contributed by atoms with E-state index < -0.39 is 0 Å². The first-order valence-electron chi connectivity index (χ1n) is 0.204. The monoisotopic (exact) mass is 162 g/mol. The molecule has 0 spiro atoms. The minimum absolute atomic E-state index is 0. The summed E-state index contributed by atoms with van der Waals surface area (Å²) >= 11 is 0. The van der Waals surface area contributed by atoms with Gasteiger partial charge in [0, 0.05) is 0 Å². The Morgan fingerprint density at radius 2 is 1.00 bits per heavy atom. The molecular weight excluding hydrogens is 161 g/mol. The van der Waals surface area contributed by atoms with Gasteiger partial charge in [-0.1, -0.05) is 0 Å². The fourth-order valence-electron chi connectivity index (χ4n) is 0. The Labute approximate surface area is 42.7 Å². The molecule has 3 nitrogen and oxygen atoms in total. The maximum atomic E-state index is 7.50. The van der Waals surface area contributed by atoms with Crippen LogP contribution in [0, 0.1) is 0 Å². The molecule has 0 rings (SSSR count). The Morgan fingerprint density at radius 1 is 1.00 bits per heavy atom. The van der Waals surface area contributed by atoms with E-state index in [4.69, 9.17) is 4.79 Å². The molecule has 0 N–H and O–H groups in total. The fourth-order valence-corrected chi connectivity index (χ4v) is 0. The van der Waals surface area contributed by atoms with Gasteiger partial charge in [0.05, 0.1) is 0 Å². The molecule has 2 radical (unpaired) electrons. The zero-order valence-electron chi connectivity index (χ0n) is 2.08. The first-order valence-corrected chi connectivity index (χ1v) is 0.204. The zero-order chi connectivity index (χ0) is 2.00. The molecule has 0 saturated carbocycles. The molecule has 0 saturated heterocycles. The summed E-state index contributed by atoms with van der Waals surface area (Å²) in [6.45, 7) is 4.50. The maximum absolute atomic E-state index is 7.50. The van der Waals surface area contributed by atoms with E-state index in [9.17, 15) is 0 Å². The second kappa shape index (κ2) is 956. The molecule has 30 valence electrons. The summed E-state index contributed by atoms with van der Waals surface area (Å²) in [5.74, 6) is 0. The second-order valence-corrected chi connectivity index (χ2v) is 0. The zero-order valence-corrected chi connectivity index (χ0v) is 3.82. The molecule has 0 unspecified atom stereocenters. The summed E-state index contributed by atoms with van der Waals surface area (Å²) in [6, 6.07) is 0. The van der Waals surface area contributed by atoms with Crippen molar-refractivity contribution < 1.29 is 35.2 Å².